The summed E-state index contributed by atoms with van der Waals surface area (Å²) in [6, 6.07) is 18.5. The van der Waals surface area contributed by atoms with Crippen LogP contribution in [0.3, 0.4) is 0 Å². The number of anilines is 1. The summed E-state index contributed by atoms with van der Waals surface area (Å²) in [5.41, 5.74) is 2.22. The van der Waals surface area contributed by atoms with Crippen LogP contribution in [0.25, 0.3) is 10.8 Å². The number of rotatable bonds is 8. The molecule has 7 heteroatoms. The third-order valence-electron chi connectivity index (χ3n) is 5.08. The monoisotopic (exact) mass is 440 g/mol. The fourth-order valence-corrected chi connectivity index (χ4v) is 4.71. The van der Waals surface area contributed by atoms with Crippen molar-refractivity contribution in [2.75, 3.05) is 23.7 Å². The fourth-order valence-electron chi connectivity index (χ4n) is 3.49. The largest absolute Gasteiger partial charge is 0.492 e. The summed E-state index contributed by atoms with van der Waals surface area (Å²) in [4.78, 5) is 12.7. The quantitative estimate of drug-likeness (QED) is 0.541. The third kappa shape index (κ3) is 5.55. The molecular weight excluding hydrogens is 412 g/mol. The van der Waals surface area contributed by atoms with Crippen LogP contribution >= 0.6 is 0 Å². The number of carbonyl (C=O) groups excluding carboxylic acids is 1. The van der Waals surface area contributed by atoms with E-state index < -0.39 is 16.1 Å². The van der Waals surface area contributed by atoms with Crippen molar-refractivity contribution in [3.63, 3.8) is 0 Å². The molecule has 0 radical (unpaired) electrons. The number of benzene rings is 3. The molecule has 0 bridgehead atoms. The SMILES string of the molecule is Cc1ccc(C)c(N([C@@H](C)C(=O)NCCOc2ccc3ccccc3c2)S(C)(=O)=O)c1. The number of sulfonamides is 1. The highest BCUT2D eigenvalue weighted by Crippen LogP contribution is 2.26. The van der Waals surface area contributed by atoms with E-state index in [-0.39, 0.29) is 19.1 Å². The van der Waals surface area contributed by atoms with Gasteiger partial charge in [0, 0.05) is 0 Å². The molecule has 0 heterocycles. The van der Waals surface area contributed by atoms with Crippen molar-refractivity contribution in [1.82, 2.24) is 5.32 Å². The number of nitrogens with zero attached hydrogens (tertiary/aromatic N) is 1. The second-order valence-corrected chi connectivity index (χ2v) is 9.53. The van der Waals surface area contributed by atoms with E-state index in [2.05, 4.69) is 5.32 Å². The molecule has 0 saturated heterocycles. The normalized spacial score (nSPS) is 12.4. The zero-order chi connectivity index (χ0) is 22.6. The molecule has 6 nitrogen and oxygen atoms in total. The van der Waals surface area contributed by atoms with Crippen molar-refractivity contribution in [2.45, 2.75) is 26.8 Å². The molecule has 0 aliphatic rings. The Balaban J connectivity index is 1.63. The molecule has 0 unspecified atom stereocenters. The molecule has 0 fully saturated rings. The Morgan fingerprint density at radius 2 is 1.74 bits per heavy atom. The maximum Gasteiger partial charge on any atom is 0.243 e. The van der Waals surface area contributed by atoms with Gasteiger partial charge in [-0.25, -0.2) is 8.42 Å². The Labute approximate surface area is 183 Å². The van der Waals surface area contributed by atoms with Crippen LogP contribution in [0.5, 0.6) is 5.75 Å². The minimum atomic E-state index is -3.65. The molecule has 164 valence electrons. The smallest absolute Gasteiger partial charge is 0.243 e. The van der Waals surface area contributed by atoms with Gasteiger partial charge in [0.2, 0.25) is 15.9 Å². The fraction of sp³-hybridized carbons (Fsp3) is 0.292. The summed E-state index contributed by atoms with van der Waals surface area (Å²) >= 11 is 0. The number of carbonyl (C=O) groups is 1. The van der Waals surface area contributed by atoms with Gasteiger partial charge in [-0.15, -0.1) is 0 Å². The zero-order valence-corrected chi connectivity index (χ0v) is 19.1. The van der Waals surface area contributed by atoms with Gasteiger partial charge >= 0.3 is 0 Å². The van der Waals surface area contributed by atoms with Gasteiger partial charge in [0.05, 0.1) is 18.5 Å². The lowest BCUT2D eigenvalue weighted by Crippen LogP contribution is -2.48. The maximum atomic E-state index is 12.7. The topological polar surface area (TPSA) is 75.7 Å². The summed E-state index contributed by atoms with van der Waals surface area (Å²) in [6.45, 7) is 5.84. The molecule has 31 heavy (non-hydrogen) atoms. The number of hydrogen-bond donors (Lipinski definition) is 1. The predicted molar refractivity (Wildman–Crippen MR) is 125 cm³/mol. The van der Waals surface area contributed by atoms with E-state index >= 15 is 0 Å². The molecule has 0 aliphatic carbocycles. The molecule has 0 saturated carbocycles. The zero-order valence-electron chi connectivity index (χ0n) is 18.3. The standard InChI is InChI=1S/C24H28N2O4S/c1-17-9-10-18(2)23(15-17)26(31(4,28)29)19(3)24(27)25-13-14-30-22-12-11-20-7-5-6-8-21(20)16-22/h5-12,15-16,19H,13-14H2,1-4H3,(H,25,27)/t19-/m0/s1. The van der Waals surface area contributed by atoms with Crippen molar-refractivity contribution in [3.8, 4) is 5.75 Å². The van der Waals surface area contributed by atoms with Crippen LogP contribution in [0, 0.1) is 13.8 Å². The van der Waals surface area contributed by atoms with Gasteiger partial charge in [-0.1, -0.05) is 42.5 Å². The summed E-state index contributed by atoms with van der Waals surface area (Å²) in [7, 11) is -3.65. The second kappa shape index (κ2) is 9.39. The first kappa shape index (κ1) is 22.6. The molecule has 1 N–H and O–H groups in total. The van der Waals surface area contributed by atoms with Crippen LogP contribution in [0.2, 0.25) is 0 Å². The first-order chi connectivity index (χ1) is 14.7. The Kier molecular flexibility index (Phi) is 6.85. The highest BCUT2D eigenvalue weighted by Gasteiger charge is 2.30. The lowest BCUT2D eigenvalue weighted by Gasteiger charge is -2.29. The predicted octanol–water partition coefficient (Wildman–Crippen LogP) is 3.81. The average molecular weight is 441 g/mol. The van der Waals surface area contributed by atoms with Crippen molar-refractivity contribution >= 4 is 32.4 Å². The van der Waals surface area contributed by atoms with Gasteiger partial charge < -0.3 is 10.1 Å². The number of hydrogen-bond acceptors (Lipinski definition) is 4. The highest BCUT2D eigenvalue weighted by atomic mass is 32.2. The Morgan fingerprint density at radius 3 is 2.45 bits per heavy atom. The van der Waals surface area contributed by atoms with Gasteiger partial charge in [0.1, 0.15) is 18.4 Å². The van der Waals surface area contributed by atoms with Crippen LogP contribution in [0.1, 0.15) is 18.1 Å². The number of ether oxygens (including phenoxy) is 1. The summed E-state index contributed by atoms with van der Waals surface area (Å²) < 4.78 is 31.9. The third-order valence-corrected chi connectivity index (χ3v) is 6.31. The van der Waals surface area contributed by atoms with Crippen LogP contribution in [0.15, 0.2) is 60.7 Å². The lowest BCUT2D eigenvalue weighted by molar-refractivity contribution is -0.121. The van der Waals surface area contributed by atoms with Gasteiger partial charge in [-0.2, -0.15) is 0 Å². The summed E-state index contributed by atoms with van der Waals surface area (Å²) in [5, 5.41) is 4.98. The van der Waals surface area contributed by atoms with Gasteiger partial charge in [0.15, 0.2) is 0 Å². The molecule has 1 amide bonds. The molecule has 0 spiro atoms. The Morgan fingerprint density at radius 1 is 1.03 bits per heavy atom. The van der Waals surface area contributed by atoms with E-state index in [0.717, 1.165) is 28.2 Å². The van der Waals surface area contributed by atoms with Gasteiger partial charge in [-0.05, 0) is 60.9 Å². The maximum absolute atomic E-state index is 12.7. The van der Waals surface area contributed by atoms with Gasteiger partial charge in [0.25, 0.3) is 0 Å². The van der Waals surface area contributed by atoms with E-state index in [0.29, 0.717) is 11.4 Å². The first-order valence-corrected chi connectivity index (χ1v) is 12.0. The van der Waals surface area contributed by atoms with E-state index in [1.807, 2.05) is 68.4 Å². The second-order valence-electron chi connectivity index (χ2n) is 7.67. The number of fused-ring (bicyclic) bond motifs is 1. The molecule has 3 rings (SSSR count). The first-order valence-electron chi connectivity index (χ1n) is 10.1. The number of amides is 1. The minimum Gasteiger partial charge on any atom is -0.492 e. The number of aryl methyl sites for hydroxylation is 2. The molecule has 0 aliphatic heterocycles. The molecule has 3 aromatic rings. The minimum absolute atomic E-state index is 0.264. The highest BCUT2D eigenvalue weighted by molar-refractivity contribution is 7.92. The van der Waals surface area contributed by atoms with Crippen LogP contribution in [-0.4, -0.2) is 39.8 Å². The Hall–Kier alpha value is -3.06. The molecule has 3 aromatic carbocycles. The van der Waals surface area contributed by atoms with Crippen molar-refractivity contribution in [3.05, 3.63) is 71.8 Å². The van der Waals surface area contributed by atoms with Crippen molar-refractivity contribution in [2.24, 2.45) is 0 Å². The number of nitrogens with one attached hydrogen (secondary N) is 1. The van der Waals surface area contributed by atoms with E-state index in [9.17, 15) is 13.2 Å². The van der Waals surface area contributed by atoms with E-state index in [1.54, 1.807) is 13.0 Å². The van der Waals surface area contributed by atoms with Crippen molar-refractivity contribution in [1.29, 1.82) is 0 Å². The lowest BCUT2D eigenvalue weighted by atomic mass is 10.1. The summed E-state index contributed by atoms with van der Waals surface area (Å²) in [6.07, 6.45) is 1.11. The Bertz CT molecular complexity index is 1190. The molecular formula is C24H28N2O4S. The van der Waals surface area contributed by atoms with Crippen molar-refractivity contribution < 1.29 is 17.9 Å². The summed E-state index contributed by atoms with van der Waals surface area (Å²) in [5.74, 6) is 0.336. The van der Waals surface area contributed by atoms with Crippen LogP contribution in [-0.2, 0) is 14.8 Å². The van der Waals surface area contributed by atoms with Crippen LogP contribution < -0.4 is 14.4 Å². The average Bonchev–Trinajstić information content (AvgIpc) is 2.72. The van der Waals surface area contributed by atoms with Crippen LogP contribution in [0.4, 0.5) is 5.69 Å². The molecule has 0 aromatic heterocycles. The van der Waals surface area contributed by atoms with E-state index in [1.165, 1.54) is 4.31 Å². The van der Waals surface area contributed by atoms with Gasteiger partial charge in [-0.3, -0.25) is 9.10 Å². The molecule has 1 atom stereocenters. The van der Waals surface area contributed by atoms with E-state index in [4.69, 9.17) is 4.74 Å².